The second-order valence-corrected chi connectivity index (χ2v) is 12.1. The molecule has 1 saturated carbocycles. The SMILES string of the molecule is CC(C)(C)S(=O)(=O)N[C@H]1CC[C@H](CNc2ccc(F)c(C3=NCCS3)c2)CC1. The summed E-state index contributed by atoms with van der Waals surface area (Å²) in [6, 6.07) is 5.13. The van der Waals surface area contributed by atoms with E-state index in [2.05, 4.69) is 15.0 Å². The number of sulfonamides is 1. The van der Waals surface area contributed by atoms with Gasteiger partial charge in [0.05, 0.1) is 4.75 Å². The van der Waals surface area contributed by atoms with Crippen LogP contribution in [0.2, 0.25) is 0 Å². The lowest BCUT2D eigenvalue weighted by Gasteiger charge is -2.31. The molecule has 156 valence electrons. The van der Waals surface area contributed by atoms with Gasteiger partial charge in [-0.2, -0.15) is 0 Å². The number of hydrogen-bond acceptors (Lipinski definition) is 5. The molecule has 8 heteroatoms. The first-order valence-electron chi connectivity index (χ1n) is 9.88. The fraction of sp³-hybridized carbons (Fsp3) is 0.650. The summed E-state index contributed by atoms with van der Waals surface area (Å²) in [7, 11) is -3.30. The van der Waals surface area contributed by atoms with Crippen molar-refractivity contribution in [3.05, 3.63) is 29.6 Å². The Bertz CT molecular complexity index is 826. The molecule has 1 fully saturated rings. The second-order valence-electron chi connectivity index (χ2n) is 8.56. The van der Waals surface area contributed by atoms with E-state index in [-0.39, 0.29) is 11.9 Å². The van der Waals surface area contributed by atoms with Gasteiger partial charge in [0.15, 0.2) is 0 Å². The molecule has 0 unspecified atom stereocenters. The number of anilines is 1. The molecule has 5 nitrogen and oxygen atoms in total. The van der Waals surface area contributed by atoms with E-state index in [1.54, 1.807) is 38.6 Å². The van der Waals surface area contributed by atoms with Gasteiger partial charge in [0, 0.05) is 36.1 Å². The third kappa shape index (κ3) is 5.27. The Balaban J connectivity index is 1.50. The van der Waals surface area contributed by atoms with Crippen LogP contribution in [0.15, 0.2) is 23.2 Å². The van der Waals surface area contributed by atoms with Crippen molar-refractivity contribution in [3.8, 4) is 0 Å². The minimum Gasteiger partial charge on any atom is -0.385 e. The second kappa shape index (κ2) is 8.71. The van der Waals surface area contributed by atoms with E-state index in [1.807, 2.05) is 6.07 Å². The molecule has 0 atom stereocenters. The van der Waals surface area contributed by atoms with Crippen LogP contribution in [0.5, 0.6) is 0 Å². The van der Waals surface area contributed by atoms with Gasteiger partial charge in [-0.25, -0.2) is 17.5 Å². The number of nitrogens with zero attached hydrogens (tertiary/aromatic N) is 1. The fourth-order valence-corrected chi connectivity index (χ4v) is 5.34. The molecule has 0 radical (unpaired) electrons. The smallest absolute Gasteiger partial charge is 0.216 e. The van der Waals surface area contributed by atoms with Crippen LogP contribution in [-0.4, -0.2) is 43.1 Å². The third-order valence-corrected chi connectivity index (χ3v) is 8.62. The van der Waals surface area contributed by atoms with Gasteiger partial charge >= 0.3 is 0 Å². The molecule has 1 aliphatic carbocycles. The highest BCUT2D eigenvalue weighted by Crippen LogP contribution is 2.28. The van der Waals surface area contributed by atoms with Gasteiger partial charge in [0.2, 0.25) is 10.0 Å². The third-order valence-electron chi connectivity index (χ3n) is 5.35. The van der Waals surface area contributed by atoms with Crippen molar-refractivity contribution in [2.45, 2.75) is 57.2 Å². The lowest BCUT2D eigenvalue weighted by Crippen LogP contribution is -2.46. The van der Waals surface area contributed by atoms with Crippen LogP contribution in [0, 0.1) is 11.7 Å². The van der Waals surface area contributed by atoms with Crippen molar-refractivity contribution < 1.29 is 12.8 Å². The first kappa shape index (κ1) is 21.6. The van der Waals surface area contributed by atoms with E-state index in [0.29, 0.717) is 11.5 Å². The van der Waals surface area contributed by atoms with Crippen molar-refractivity contribution in [3.63, 3.8) is 0 Å². The summed E-state index contributed by atoms with van der Waals surface area (Å²) in [6.07, 6.45) is 3.65. The molecular formula is C20H30FN3O2S2. The van der Waals surface area contributed by atoms with Gasteiger partial charge in [0.1, 0.15) is 10.9 Å². The molecule has 1 aliphatic heterocycles. The Morgan fingerprint density at radius 1 is 1.21 bits per heavy atom. The first-order valence-corrected chi connectivity index (χ1v) is 12.4. The highest BCUT2D eigenvalue weighted by Gasteiger charge is 2.32. The summed E-state index contributed by atoms with van der Waals surface area (Å²) in [5.74, 6) is 1.17. The number of halogens is 1. The van der Waals surface area contributed by atoms with Gasteiger partial charge < -0.3 is 5.32 Å². The van der Waals surface area contributed by atoms with E-state index in [1.165, 1.54) is 6.07 Å². The quantitative estimate of drug-likeness (QED) is 0.720. The molecule has 1 aromatic carbocycles. The maximum atomic E-state index is 14.1. The van der Waals surface area contributed by atoms with Gasteiger partial charge in [0.25, 0.3) is 0 Å². The fourth-order valence-electron chi connectivity index (χ4n) is 3.44. The highest BCUT2D eigenvalue weighted by atomic mass is 32.2. The zero-order chi connectivity index (χ0) is 20.4. The standard InChI is InChI=1S/C20H30FN3O2S2/c1-20(2,3)28(25,26)24-15-6-4-14(5-7-15)13-23-16-8-9-18(21)17(12-16)19-22-10-11-27-19/h8-9,12,14-15,23-24H,4-7,10-11,13H2,1-3H3/t14-,15-. The number of thioether (sulfide) groups is 1. The Hall–Kier alpha value is -1.12. The molecule has 0 amide bonds. The summed E-state index contributed by atoms with van der Waals surface area (Å²) in [4.78, 5) is 4.37. The van der Waals surface area contributed by atoms with Gasteiger partial charge in [-0.15, -0.1) is 11.8 Å². The van der Waals surface area contributed by atoms with Crippen LogP contribution in [0.1, 0.15) is 52.0 Å². The molecule has 0 bridgehead atoms. The van der Waals surface area contributed by atoms with E-state index in [4.69, 9.17) is 0 Å². The lowest BCUT2D eigenvalue weighted by molar-refractivity contribution is 0.322. The largest absolute Gasteiger partial charge is 0.385 e. The van der Waals surface area contributed by atoms with Crippen molar-refractivity contribution in [2.75, 3.05) is 24.2 Å². The molecule has 2 N–H and O–H groups in total. The van der Waals surface area contributed by atoms with E-state index in [0.717, 1.165) is 55.3 Å². The maximum Gasteiger partial charge on any atom is 0.216 e. The topological polar surface area (TPSA) is 70.6 Å². The van der Waals surface area contributed by atoms with Gasteiger partial charge in [-0.3, -0.25) is 4.99 Å². The summed E-state index contributed by atoms with van der Waals surface area (Å²) >= 11 is 1.60. The van der Waals surface area contributed by atoms with E-state index >= 15 is 0 Å². The Morgan fingerprint density at radius 3 is 2.54 bits per heavy atom. The van der Waals surface area contributed by atoms with Crippen LogP contribution in [0.4, 0.5) is 10.1 Å². The summed E-state index contributed by atoms with van der Waals surface area (Å²) < 4.78 is 40.8. The molecule has 28 heavy (non-hydrogen) atoms. The Morgan fingerprint density at radius 2 is 1.93 bits per heavy atom. The van der Waals surface area contributed by atoms with Crippen molar-refractivity contribution in [1.82, 2.24) is 4.72 Å². The number of aliphatic imine (C=N–C) groups is 1. The molecule has 3 rings (SSSR count). The molecule has 0 saturated heterocycles. The summed E-state index contributed by atoms with van der Waals surface area (Å²) in [5.41, 5.74) is 1.48. The predicted molar refractivity (Wildman–Crippen MR) is 116 cm³/mol. The molecule has 0 aromatic heterocycles. The van der Waals surface area contributed by atoms with Crippen molar-refractivity contribution in [1.29, 1.82) is 0 Å². The molecular weight excluding hydrogens is 397 g/mol. The lowest BCUT2D eigenvalue weighted by atomic mass is 9.86. The maximum absolute atomic E-state index is 14.1. The van der Waals surface area contributed by atoms with Crippen LogP contribution in [-0.2, 0) is 10.0 Å². The van der Waals surface area contributed by atoms with Crippen LogP contribution in [0.3, 0.4) is 0 Å². The predicted octanol–water partition coefficient (Wildman–Crippen LogP) is 4.01. The number of hydrogen-bond donors (Lipinski definition) is 2. The van der Waals surface area contributed by atoms with Crippen LogP contribution < -0.4 is 10.0 Å². The minimum absolute atomic E-state index is 0.0234. The van der Waals surface area contributed by atoms with Gasteiger partial charge in [-0.05, 0) is 70.6 Å². The molecule has 1 aromatic rings. The summed E-state index contributed by atoms with van der Waals surface area (Å²) in [5, 5.41) is 4.21. The average molecular weight is 428 g/mol. The monoisotopic (exact) mass is 427 g/mol. The Kier molecular flexibility index (Phi) is 6.72. The van der Waals surface area contributed by atoms with Crippen LogP contribution in [0.25, 0.3) is 0 Å². The number of benzene rings is 1. The number of nitrogens with one attached hydrogen (secondary N) is 2. The van der Waals surface area contributed by atoms with E-state index in [9.17, 15) is 12.8 Å². The first-order chi connectivity index (χ1) is 13.2. The normalized spacial score (nSPS) is 23.5. The van der Waals surface area contributed by atoms with E-state index < -0.39 is 14.8 Å². The van der Waals surface area contributed by atoms with Crippen molar-refractivity contribution >= 4 is 32.5 Å². The summed E-state index contributed by atoms with van der Waals surface area (Å²) in [6.45, 7) is 6.72. The van der Waals surface area contributed by atoms with Crippen molar-refractivity contribution in [2.24, 2.45) is 10.9 Å². The molecule has 2 aliphatic rings. The average Bonchev–Trinajstić information content (AvgIpc) is 3.15. The number of rotatable bonds is 6. The zero-order valence-electron chi connectivity index (χ0n) is 16.8. The van der Waals surface area contributed by atoms with Gasteiger partial charge in [-0.1, -0.05) is 0 Å². The molecule has 0 spiro atoms. The highest BCUT2D eigenvalue weighted by molar-refractivity contribution is 8.14. The molecule has 1 heterocycles. The minimum atomic E-state index is -3.30. The Labute approximate surface area is 172 Å². The van der Waals surface area contributed by atoms with Crippen LogP contribution >= 0.6 is 11.8 Å². The zero-order valence-corrected chi connectivity index (χ0v) is 18.4.